The van der Waals surface area contributed by atoms with Gasteiger partial charge in [-0.25, -0.2) is 0 Å². The van der Waals surface area contributed by atoms with Crippen LogP contribution in [0.4, 0.5) is 5.69 Å². The van der Waals surface area contributed by atoms with Gasteiger partial charge in [-0.1, -0.05) is 6.07 Å². The van der Waals surface area contributed by atoms with Crippen molar-refractivity contribution in [3.8, 4) is 5.75 Å². The fraction of sp³-hybridized carbons (Fsp3) is 0.357. The van der Waals surface area contributed by atoms with Gasteiger partial charge in [-0.3, -0.25) is 19.3 Å². The van der Waals surface area contributed by atoms with Crippen molar-refractivity contribution in [3.63, 3.8) is 0 Å². The number of phenols is 1. The van der Waals surface area contributed by atoms with Crippen molar-refractivity contribution in [2.45, 2.75) is 19.4 Å². The minimum absolute atomic E-state index is 0.0318. The Labute approximate surface area is 121 Å². The van der Waals surface area contributed by atoms with E-state index in [-0.39, 0.29) is 25.3 Å². The molecule has 1 aliphatic heterocycles. The number of imide groups is 1. The van der Waals surface area contributed by atoms with Crippen LogP contribution < -0.4 is 4.90 Å². The Morgan fingerprint density at radius 1 is 1.38 bits per heavy atom. The lowest BCUT2D eigenvalue weighted by molar-refractivity contribution is -0.148. The van der Waals surface area contributed by atoms with Crippen molar-refractivity contribution in [2.75, 3.05) is 18.0 Å². The quantitative estimate of drug-likeness (QED) is 0.781. The van der Waals surface area contributed by atoms with Crippen LogP contribution in [0.2, 0.25) is 0 Å². The number of carboxylic acid groups (broad SMARTS) is 1. The van der Waals surface area contributed by atoms with E-state index in [1.165, 1.54) is 12.1 Å². The molecule has 112 valence electrons. The molecule has 1 unspecified atom stereocenters. The SMILES string of the molecule is CC1C(=O)N(CCC(=O)O)C(=O)CN1c1cccc(O)c1. The summed E-state index contributed by atoms with van der Waals surface area (Å²) in [5.74, 6) is -1.88. The van der Waals surface area contributed by atoms with Gasteiger partial charge in [-0.2, -0.15) is 0 Å². The Kier molecular flexibility index (Phi) is 4.11. The first-order chi connectivity index (χ1) is 9.90. The van der Waals surface area contributed by atoms with Crippen LogP contribution in [0.5, 0.6) is 5.75 Å². The van der Waals surface area contributed by atoms with Crippen LogP contribution in [0.15, 0.2) is 24.3 Å². The molecule has 0 aromatic heterocycles. The van der Waals surface area contributed by atoms with Crippen molar-refractivity contribution >= 4 is 23.5 Å². The van der Waals surface area contributed by atoms with Gasteiger partial charge in [0.2, 0.25) is 5.91 Å². The Morgan fingerprint density at radius 3 is 2.71 bits per heavy atom. The number of rotatable bonds is 4. The highest BCUT2D eigenvalue weighted by molar-refractivity contribution is 6.04. The maximum atomic E-state index is 12.2. The summed E-state index contributed by atoms with van der Waals surface area (Å²) in [6.45, 7) is 1.49. The van der Waals surface area contributed by atoms with E-state index in [1.807, 2.05) is 0 Å². The fourth-order valence-corrected chi connectivity index (χ4v) is 2.28. The lowest BCUT2D eigenvalue weighted by atomic mass is 10.1. The van der Waals surface area contributed by atoms with E-state index in [4.69, 9.17) is 5.11 Å². The third-order valence-corrected chi connectivity index (χ3v) is 3.41. The third-order valence-electron chi connectivity index (χ3n) is 3.41. The molecular formula is C14H16N2O5. The minimum atomic E-state index is -1.06. The molecule has 1 aromatic carbocycles. The second-order valence-electron chi connectivity index (χ2n) is 4.85. The fourth-order valence-electron chi connectivity index (χ4n) is 2.28. The molecule has 2 N–H and O–H groups in total. The molecule has 0 bridgehead atoms. The molecule has 21 heavy (non-hydrogen) atoms. The predicted molar refractivity (Wildman–Crippen MR) is 73.9 cm³/mol. The zero-order valence-corrected chi connectivity index (χ0v) is 11.5. The number of aromatic hydroxyl groups is 1. The van der Waals surface area contributed by atoms with E-state index in [1.54, 1.807) is 24.0 Å². The van der Waals surface area contributed by atoms with Crippen LogP contribution in [0, 0.1) is 0 Å². The number of aliphatic carboxylic acids is 1. The van der Waals surface area contributed by atoms with Gasteiger partial charge in [0, 0.05) is 18.3 Å². The number of hydrogen-bond donors (Lipinski definition) is 2. The van der Waals surface area contributed by atoms with Gasteiger partial charge in [0.25, 0.3) is 5.91 Å². The molecule has 1 saturated heterocycles. The van der Waals surface area contributed by atoms with E-state index in [0.717, 1.165) is 4.90 Å². The average Bonchev–Trinajstić information content (AvgIpc) is 2.42. The maximum Gasteiger partial charge on any atom is 0.305 e. The molecule has 0 saturated carbocycles. The highest BCUT2D eigenvalue weighted by Crippen LogP contribution is 2.25. The molecule has 1 atom stereocenters. The van der Waals surface area contributed by atoms with Gasteiger partial charge in [-0.05, 0) is 19.1 Å². The van der Waals surface area contributed by atoms with Gasteiger partial charge in [0.15, 0.2) is 0 Å². The molecule has 7 nitrogen and oxygen atoms in total. The smallest absolute Gasteiger partial charge is 0.305 e. The highest BCUT2D eigenvalue weighted by atomic mass is 16.4. The number of phenolic OH excluding ortho intramolecular Hbond substituents is 1. The lowest BCUT2D eigenvalue weighted by Gasteiger charge is -2.38. The molecule has 2 amide bonds. The number of piperazine rings is 1. The van der Waals surface area contributed by atoms with Crippen LogP contribution in [0.1, 0.15) is 13.3 Å². The molecule has 0 radical (unpaired) electrons. The lowest BCUT2D eigenvalue weighted by Crippen LogP contribution is -2.59. The molecule has 1 heterocycles. The summed E-state index contributed by atoms with van der Waals surface area (Å²) >= 11 is 0. The minimum Gasteiger partial charge on any atom is -0.508 e. The van der Waals surface area contributed by atoms with Crippen molar-refractivity contribution in [2.24, 2.45) is 0 Å². The first-order valence-electron chi connectivity index (χ1n) is 6.52. The van der Waals surface area contributed by atoms with E-state index >= 15 is 0 Å². The Morgan fingerprint density at radius 2 is 2.10 bits per heavy atom. The monoisotopic (exact) mass is 292 g/mol. The normalized spacial score (nSPS) is 19.0. The molecule has 2 rings (SSSR count). The largest absolute Gasteiger partial charge is 0.508 e. The molecule has 0 spiro atoms. The summed E-state index contributed by atoms with van der Waals surface area (Å²) in [6, 6.07) is 5.70. The number of benzene rings is 1. The molecule has 1 aliphatic rings. The summed E-state index contributed by atoms with van der Waals surface area (Å²) in [6.07, 6.45) is -0.268. The third kappa shape index (κ3) is 3.13. The summed E-state index contributed by atoms with van der Waals surface area (Å²) in [5.41, 5.74) is 0.571. The van der Waals surface area contributed by atoms with Crippen LogP contribution in [-0.2, 0) is 14.4 Å². The van der Waals surface area contributed by atoms with Crippen molar-refractivity contribution in [3.05, 3.63) is 24.3 Å². The zero-order valence-electron chi connectivity index (χ0n) is 11.5. The van der Waals surface area contributed by atoms with E-state index in [2.05, 4.69) is 0 Å². The number of anilines is 1. The number of nitrogens with zero attached hydrogens (tertiary/aromatic N) is 2. The summed E-state index contributed by atoms with van der Waals surface area (Å²) in [4.78, 5) is 37.4. The predicted octanol–water partition coefficient (Wildman–Crippen LogP) is 0.431. The van der Waals surface area contributed by atoms with Crippen molar-refractivity contribution in [1.82, 2.24) is 4.90 Å². The summed E-state index contributed by atoms with van der Waals surface area (Å²) in [5, 5.41) is 18.1. The number of carbonyl (C=O) groups excluding carboxylic acids is 2. The van der Waals surface area contributed by atoms with Crippen LogP contribution in [0.25, 0.3) is 0 Å². The van der Waals surface area contributed by atoms with Crippen LogP contribution >= 0.6 is 0 Å². The van der Waals surface area contributed by atoms with Gasteiger partial charge < -0.3 is 15.1 Å². The van der Waals surface area contributed by atoms with E-state index in [9.17, 15) is 19.5 Å². The summed E-state index contributed by atoms with van der Waals surface area (Å²) < 4.78 is 0. The summed E-state index contributed by atoms with van der Waals surface area (Å²) in [7, 11) is 0. The first-order valence-corrected chi connectivity index (χ1v) is 6.52. The molecular weight excluding hydrogens is 276 g/mol. The Hall–Kier alpha value is -2.57. The van der Waals surface area contributed by atoms with E-state index in [0.29, 0.717) is 5.69 Å². The van der Waals surface area contributed by atoms with Crippen LogP contribution in [-0.4, -0.2) is 52.0 Å². The van der Waals surface area contributed by atoms with Crippen molar-refractivity contribution < 1.29 is 24.6 Å². The number of hydrogen-bond acceptors (Lipinski definition) is 5. The Balaban J connectivity index is 2.18. The molecule has 1 aromatic rings. The van der Waals surface area contributed by atoms with Crippen molar-refractivity contribution in [1.29, 1.82) is 0 Å². The molecule has 0 aliphatic carbocycles. The molecule has 1 fully saturated rings. The van der Waals surface area contributed by atoms with Crippen LogP contribution in [0.3, 0.4) is 0 Å². The molecule has 7 heteroatoms. The average molecular weight is 292 g/mol. The number of carboxylic acids is 1. The van der Waals surface area contributed by atoms with E-state index < -0.39 is 23.8 Å². The second kappa shape index (κ2) is 5.82. The van der Waals surface area contributed by atoms with Gasteiger partial charge >= 0.3 is 5.97 Å². The maximum absolute atomic E-state index is 12.2. The first kappa shape index (κ1) is 14.8. The van der Waals surface area contributed by atoms with Gasteiger partial charge in [-0.15, -0.1) is 0 Å². The highest BCUT2D eigenvalue weighted by Gasteiger charge is 2.37. The van der Waals surface area contributed by atoms with Gasteiger partial charge in [0.1, 0.15) is 11.8 Å². The number of amides is 2. The zero-order chi connectivity index (χ0) is 15.6. The number of carbonyl (C=O) groups is 3. The Bertz CT molecular complexity index is 586. The standard InChI is InChI=1S/C14H16N2O5/c1-9-14(21)15(6-5-13(19)20)12(18)8-16(9)10-3-2-4-11(17)7-10/h2-4,7,9,17H,5-6,8H2,1H3,(H,19,20). The van der Waals surface area contributed by atoms with Gasteiger partial charge in [0.05, 0.1) is 13.0 Å². The topological polar surface area (TPSA) is 98.2 Å². The second-order valence-corrected chi connectivity index (χ2v) is 4.85.